The second kappa shape index (κ2) is 13.5. The van der Waals surface area contributed by atoms with Crippen LogP contribution in [-0.4, -0.2) is 28.8 Å². The zero-order valence-electron chi connectivity index (χ0n) is 24.7. The van der Waals surface area contributed by atoms with Crippen molar-refractivity contribution in [3.63, 3.8) is 0 Å². The molecule has 0 saturated heterocycles. The van der Waals surface area contributed by atoms with E-state index in [2.05, 4.69) is 16.0 Å². The lowest BCUT2D eigenvalue weighted by atomic mass is 10.0. The van der Waals surface area contributed by atoms with Gasteiger partial charge in [0.2, 0.25) is 5.91 Å². The van der Waals surface area contributed by atoms with E-state index in [0.29, 0.717) is 17.7 Å². The fourth-order valence-electron chi connectivity index (χ4n) is 4.88. The zero-order chi connectivity index (χ0) is 32.0. The Morgan fingerprint density at radius 3 is 2.02 bits per heavy atom. The van der Waals surface area contributed by atoms with E-state index in [1.165, 1.54) is 12.1 Å². The fraction of sp³-hybridized carbons (Fsp3) is 0.171. The molecule has 3 N–H and O–H groups in total. The van der Waals surface area contributed by atoms with E-state index >= 15 is 0 Å². The Balaban J connectivity index is 1.36. The molecule has 0 aliphatic heterocycles. The minimum Gasteiger partial charge on any atom is -0.359 e. The molecule has 0 aliphatic rings. The third-order valence-corrected chi connectivity index (χ3v) is 7.39. The molecule has 0 fully saturated rings. The van der Waals surface area contributed by atoms with Crippen molar-refractivity contribution >= 4 is 17.6 Å². The quantitative estimate of drug-likeness (QED) is 0.159. The minimum atomic E-state index is -4.39. The van der Waals surface area contributed by atoms with Crippen molar-refractivity contribution in [1.29, 1.82) is 0 Å². The number of aromatic nitrogens is 2. The molecule has 10 heteroatoms. The van der Waals surface area contributed by atoms with Gasteiger partial charge in [0, 0.05) is 31.1 Å². The molecule has 230 valence electrons. The predicted molar refractivity (Wildman–Crippen MR) is 169 cm³/mol. The van der Waals surface area contributed by atoms with Gasteiger partial charge in [-0.2, -0.15) is 18.3 Å². The third kappa shape index (κ3) is 7.77. The van der Waals surface area contributed by atoms with Gasteiger partial charge in [-0.25, -0.2) is 9.48 Å². The molecule has 1 heterocycles. The van der Waals surface area contributed by atoms with Crippen molar-refractivity contribution in [1.82, 2.24) is 20.4 Å². The largest absolute Gasteiger partial charge is 0.416 e. The predicted octanol–water partition coefficient (Wildman–Crippen LogP) is 7.79. The van der Waals surface area contributed by atoms with E-state index in [1.54, 1.807) is 23.9 Å². The Labute approximate surface area is 259 Å². The second-order valence-corrected chi connectivity index (χ2v) is 10.5. The SMILES string of the molecule is CNC(=O)CCc1cc(-c2ccc(-c3ccc(C(F)(F)F)cc3)cc2)n(-c2ccc(NC(=O)N[C@H](C)c3ccccc3)cc2)n1. The van der Waals surface area contributed by atoms with Crippen molar-refractivity contribution in [2.24, 2.45) is 0 Å². The van der Waals surface area contributed by atoms with E-state index in [4.69, 9.17) is 5.10 Å². The molecule has 0 radical (unpaired) electrons. The Morgan fingerprint density at radius 1 is 0.822 bits per heavy atom. The number of carbonyl (C=O) groups excluding carboxylic acids is 2. The summed E-state index contributed by atoms with van der Waals surface area (Å²) in [6, 6.07) is 30.9. The van der Waals surface area contributed by atoms with Crippen LogP contribution in [0.5, 0.6) is 0 Å². The summed E-state index contributed by atoms with van der Waals surface area (Å²) < 4.78 is 40.7. The number of halogens is 3. The number of benzene rings is 4. The van der Waals surface area contributed by atoms with Crippen LogP contribution in [0.1, 0.15) is 36.2 Å². The molecule has 0 aliphatic carbocycles. The van der Waals surface area contributed by atoms with Gasteiger partial charge in [0.25, 0.3) is 0 Å². The number of carbonyl (C=O) groups is 2. The number of nitrogens with one attached hydrogen (secondary N) is 3. The number of urea groups is 1. The number of aryl methyl sites for hydroxylation is 1. The van der Waals surface area contributed by atoms with Crippen molar-refractivity contribution in [2.75, 3.05) is 12.4 Å². The first-order chi connectivity index (χ1) is 21.6. The number of alkyl halides is 3. The number of hydrogen-bond acceptors (Lipinski definition) is 3. The molecular weight excluding hydrogens is 579 g/mol. The first-order valence-electron chi connectivity index (χ1n) is 14.4. The van der Waals surface area contributed by atoms with Crippen molar-refractivity contribution < 1.29 is 22.8 Å². The monoisotopic (exact) mass is 611 g/mol. The minimum absolute atomic E-state index is 0.0951. The lowest BCUT2D eigenvalue weighted by molar-refractivity contribution is -0.137. The van der Waals surface area contributed by atoms with Crippen LogP contribution in [-0.2, 0) is 17.4 Å². The average molecular weight is 612 g/mol. The maximum atomic E-state index is 13.0. The van der Waals surface area contributed by atoms with Crippen LogP contribution >= 0.6 is 0 Å². The van der Waals surface area contributed by atoms with E-state index in [-0.39, 0.29) is 24.4 Å². The molecular formula is C35H32F3N5O2. The zero-order valence-corrected chi connectivity index (χ0v) is 24.7. The molecule has 45 heavy (non-hydrogen) atoms. The molecule has 0 saturated carbocycles. The first-order valence-corrected chi connectivity index (χ1v) is 14.4. The third-order valence-electron chi connectivity index (χ3n) is 7.39. The Morgan fingerprint density at radius 2 is 1.42 bits per heavy atom. The molecule has 1 atom stereocenters. The molecule has 0 unspecified atom stereocenters. The van der Waals surface area contributed by atoms with Gasteiger partial charge in [0.15, 0.2) is 0 Å². The lowest BCUT2D eigenvalue weighted by Gasteiger charge is -2.15. The molecule has 7 nitrogen and oxygen atoms in total. The van der Waals surface area contributed by atoms with Crippen LogP contribution in [0.4, 0.5) is 23.7 Å². The molecule has 3 amide bonds. The molecule has 1 aromatic heterocycles. The normalized spacial score (nSPS) is 11.9. The number of amides is 3. The van der Waals surface area contributed by atoms with Gasteiger partial charge in [-0.3, -0.25) is 4.79 Å². The van der Waals surface area contributed by atoms with Gasteiger partial charge in [0.05, 0.1) is 28.7 Å². The van der Waals surface area contributed by atoms with Gasteiger partial charge >= 0.3 is 12.2 Å². The van der Waals surface area contributed by atoms with Crippen LogP contribution in [0.15, 0.2) is 109 Å². The fourth-order valence-corrected chi connectivity index (χ4v) is 4.88. The average Bonchev–Trinajstić information content (AvgIpc) is 3.48. The second-order valence-electron chi connectivity index (χ2n) is 10.5. The van der Waals surface area contributed by atoms with Gasteiger partial charge < -0.3 is 16.0 Å². The van der Waals surface area contributed by atoms with Gasteiger partial charge in [-0.1, -0.05) is 66.7 Å². The van der Waals surface area contributed by atoms with Crippen molar-refractivity contribution in [3.05, 3.63) is 126 Å². The summed E-state index contributed by atoms with van der Waals surface area (Å²) in [5.74, 6) is -0.0951. The summed E-state index contributed by atoms with van der Waals surface area (Å²) in [4.78, 5) is 24.5. The molecule has 5 rings (SSSR count). The van der Waals surface area contributed by atoms with Crippen LogP contribution < -0.4 is 16.0 Å². The Bertz CT molecular complexity index is 1750. The van der Waals surface area contributed by atoms with Crippen LogP contribution in [0, 0.1) is 0 Å². The van der Waals surface area contributed by atoms with Gasteiger partial charge in [-0.05, 0) is 66.1 Å². The summed E-state index contributed by atoms with van der Waals surface area (Å²) >= 11 is 0. The number of rotatable bonds is 9. The highest BCUT2D eigenvalue weighted by atomic mass is 19.4. The number of nitrogens with zero attached hydrogens (tertiary/aromatic N) is 2. The van der Waals surface area contributed by atoms with Gasteiger partial charge in [0.1, 0.15) is 0 Å². The Kier molecular flexibility index (Phi) is 9.32. The standard InChI is InChI=1S/C35H32F3N5O2/c1-23(24-6-4-3-5-7-24)40-34(45)41-29-16-19-31(20-17-29)43-32(22-30(42-43)18-21-33(44)39-2)27-10-8-25(9-11-27)26-12-14-28(15-13-26)35(36,37)38/h3-17,19-20,22-23H,18,21H2,1-2H3,(H,39,44)(H2,40,41,45)/t23-/m1/s1. The number of hydrogen-bond donors (Lipinski definition) is 3. The van der Waals surface area contributed by atoms with Crippen LogP contribution in [0.2, 0.25) is 0 Å². The van der Waals surface area contributed by atoms with Crippen LogP contribution in [0.25, 0.3) is 28.1 Å². The molecule has 0 spiro atoms. The van der Waals surface area contributed by atoms with E-state index in [0.717, 1.165) is 45.9 Å². The molecule has 0 bridgehead atoms. The van der Waals surface area contributed by atoms with E-state index in [9.17, 15) is 22.8 Å². The summed E-state index contributed by atoms with van der Waals surface area (Å²) in [5.41, 5.74) is 5.41. The van der Waals surface area contributed by atoms with Gasteiger partial charge in [-0.15, -0.1) is 0 Å². The maximum Gasteiger partial charge on any atom is 0.416 e. The molecule has 5 aromatic rings. The molecule has 4 aromatic carbocycles. The Hall–Kier alpha value is -5.38. The maximum absolute atomic E-state index is 13.0. The summed E-state index contributed by atoms with van der Waals surface area (Å²) in [5, 5.41) is 13.2. The topological polar surface area (TPSA) is 88.0 Å². The highest BCUT2D eigenvalue weighted by Crippen LogP contribution is 2.32. The lowest BCUT2D eigenvalue weighted by Crippen LogP contribution is -2.31. The smallest absolute Gasteiger partial charge is 0.359 e. The van der Waals surface area contributed by atoms with Crippen LogP contribution in [0.3, 0.4) is 0 Å². The van der Waals surface area contributed by atoms with E-state index in [1.807, 2.05) is 79.7 Å². The summed E-state index contributed by atoms with van der Waals surface area (Å²) in [6.45, 7) is 1.91. The summed E-state index contributed by atoms with van der Waals surface area (Å²) in [6.07, 6.45) is -3.68. The highest BCUT2D eigenvalue weighted by Gasteiger charge is 2.30. The van der Waals surface area contributed by atoms with E-state index < -0.39 is 11.7 Å². The summed E-state index contributed by atoms with van der Waals surface area (Å²) in [7, 11) is 1.59. The van der Waals surface area contributed by atoms with Crippen molar-refractivity contribution in [2.45, 2.75) is 32.0 Å². The first kappa shape index (κ1) is 31.1. The number of anilines is 1. The highest BCUT2D eigenvalue weighted by molar-refractivity contribution is 5.89. The van der Waals surface area contributed by atoms with Crippen molar-refractivity contribution in [3.8, 4) is 28.1 Å².